The summed E-state index contributed by atoms with van der Waals surface area (Å²) in [6.45, 7) is 3.49. The van der Waals surface area contributed by atoms with E-state index >= 15 is 0 Å². The second kappa shape index (κ2) is 6.47. The Hall–Kier alpha value is -1.26. The molecule has 0 radical (unpaired) electrons. The standard InChI is InChI=1S/C12H17ClN2O2/c1-3-15(8-12(17)14-2)7-9-6-10(13)4-5-11(9)16/h4-6,16H,3,7-8H2,1-2H3,(H,14,17). The van der Waals surface area contributed by atoms with E-state index in [0.717, 1.165) is 12.1 Å². The molecule has 0 aliphatic carbocycles. The van der Waals surface area contributed by atoms with Gasteiger partial charge in [0.2, 0.25) is 5.91 Å². The van der Waals surface area contributed by atoms with Crippen LogP contribution in [0, 0.1) is 0 Å². The molecule has 0 spiro atoms. The van der Waals surface area contributed by atoms with Crippen LogP contribution in [0.4, 0.5) is 0 Å². The van der Waals surface area contributed by atoms with Crippen LogP contribution in [0.1, 0.15) is 12.5 Å². The smallest absolute Gasteiger partial charge is 0.233 e. The van der Waals surface area contributed by atoms with Gasteiger partial charge in [0.1, 0.15) is 5.75 Å². The Bertz CT molecular complexity index is 396. The molecule has 1 amide bonds. The molecule has 2 N–H and O–H groups in total. The maximum Gasteiger partial charge on any atom is 0.233 e. The van der Waals surface area contributed by atoms with Gasteiger partial charge in [0.25, 0.3) is 0 Å². The molecule has 4 nitrogen and oxygen atoms in total. The zero-order valence-corrected chi connectivity index (χ0v) is 10.8. The number of hydrogen-bond donors (Lipinski definition) is 2. The van der Waals surface area contributed by atoms with Gasteiger partial charge in [0, 0.05) is 24.2 Å². The highest BCUT2D eigenvalue weighted by molar-refractivity contribution is 6.30. The van der Waals surface area contributed by atoms with E-state index in [-0.39, 0.29) is 11.7 Å². The van der Waals surface area contributed by atoms with Gasteiger partial charge < -0.3 is 10.4 Å². The average Bonchev–Trinajstić information content (AvgIpc) is 2.32. The zero-order chi connectivity index (χ0) is 12.8. The fraction of sp³-hybridized carbons (Fsp3) is 0.417. The van der Waals surface area contributed by atoms with Crippen LogP contribution in [0.2, 0.25) is 5.02 Å². The Morgan fingerprint density at radius 1 is 1.53 bits per heavy atom. The van der Waals surface area contributed by atoms with Crippen molar-refractivity contribution >= 4 is 17.5 Å². The number of phenolic OH excluding ortho intramolecular Hbond substituents is 1. The fourth-order valence-electron chi connectivity index (χ4n) is 1.48. The van der Waals surface area contributed by atoms with Crippen molar-refractivity contribution in [2.45, 2.75) is 13.5 Å². The van der Waals surface area contributed by atoms with Crippen molar-refractivity contribution in [2.24, 2.45) is 0 Å². The van der Waals surface area contributed by atoms with E-state index in [4.69, 9.17) is 11.6 Å². The van der Waals surface area contributed by atoms with E-state index < -0.39 is 0 Å². The van der Waals surface area contributed by atoms with Crippen LogP contribution in [-0.4, -0.2) is 36.1 Å². The van der Waals surface area contributed by atoms with E-state index in [9.17, 15) is 9.90 Å². The lowest BCUT2D eigenvalue weighted by molar-refractivity contribution is -0.121. The van der Waals surface area contributed by atoms with Crippen molar-refractivity contribution in [1.29, 1.82) is 0 Å². The van der Waals surface area contributed by atoms with Crippen molar-refractivity contribution in [3.8, 4) is 5.75 Å². The topological polar surface area (TPSA) is 52.6 Å². The van der Waals surface area contributed by atoms with Crippen LogP contribution >= 0.6 is 11.6 Å². The Morgan fingerprint density at radius 3 is 2.82 bits per heavy atom. The SMILES string of the molecule is CCN(CC(=O)NC)Cc1cc(Cl)ccc1O. The molecule has 94 valence electrons. The third-order valence-corrected chi connectivity index (χ3v) is 2.76. The summed E-state index contributed by atoms with van der Waals surface area (Å²) in [4.78, 5) is 13.2. The Morgan fingerprint density at radius 2 is 2.24 bits per heavy atom. The number of aromatic hydroxyl groups is 1. The number of phenols is 1. The minimum absolute atomic E-state index is 0.0478. The quantitative estimate of drug-likeness (QED) is 0.842. The van der Waals surface area contributed by atoms with Gasteiger partial charge in [-0.25, -0.2) is 0 Å². The first-order chi connectivity index (χ1) is 8.06. The number of likely N-dealkylation sites (N-methyl/N-ethyl adjacent to an activating group) is 2. The average molecular weight is 257 g/mol. The van der Waals surface area contributed by atoms with Crippen LogP contribution in [0.15, 0.2) is 18.2 Å². The molecule has 0 saturated carbocycles. The lowest BCUT2D eigenvalue weighted by Gasteiger charge is -2.20. The van der Waals surface area contributed by atoms with Crippen molar-refractivity contribution in [1.82, 2.24) is 10.2 Å². The van der Waals surface area contributed by atoms with E-state index in [0.29, 0.717) is 18.1 Å². The van der Waals surface area contributed by atoms with E-state index in [1.54, 1.807) is 25.2 Å². The van der Waals surface area contributed by atoms with Gasteiger partial charge in [0.05, 0.1) is 6.54 Å². The van der Waals surface area contributed by atoms with Crippen molar-refractivity contribution in [2.75, 3.05) is 20.1 Å². The third kappa shape index (κ3) is 4.24. The van der Waals surface area contributed by atoms with Crippen LogP contribution in [0.5, 0.6) is 5.75 Å². The summed E-state index contributed by atoms with van der Waals surface area (Å²) in [5.41, 5.74) is 0.725. The molecular weight excluding hydrogens is 240 g/mol. The Balaban J connectivity index is 2.73. The van der Waals surface area contributed by atoms with Gasteiger partial charge in [-0.2, -0.15) is 0 Å². The van der Waals surface area contributed by atoms with Crippen LogP contribution < -0.4 is 5.32 Å². The van der Waals surface area contributed by atoms with Crippen molar-refractivity contribution < 1.29 is 9.90 Å². The molecule has 1 rings (SSSR count). The third-order valence-electron chi connectivity index (χ3n) is 2.53. The largest absolute Gasteiger partial charge is 0.508 e. The zero-order valence-electron chi connectivity index (χ0n) is 10.0. The Labute approximate surface area is 106 Å². The summed E-state index contributed by atoms with van der Waals surface area (Å²) in [5, 5.41) is 12.8. The number of hydrogen-bond acceptors (Lipinski definition) is 3. The molecule has 0 heterocycles. The number of rotatable bonds is 5. The summed E-state index contributed by atoms with van der Waals surface area (Å²) < 4.78 is 0. The highest BCUT2D eigenvalue weighted by Gasteiger charge is 2.11. The van der Waals surface area contributed by atoms with E-state index in [1.807, 2.05) is 11.8 Å². The van der Waals surface area contributed by atoms with Crippen molar-refractivity contribution in [3.63, 3.8) is 0 Å². The molecular formula is C12H17ClN2O2. The van der Waals surface area contributed by atoms with Crippen molar-refractivity contribution in [3.05, 3.63) is 28.8 Å². The molecule has 1 aromatic rings. The maximum atomic E-state index is 11.3. The minimum Gasteiger partial charge on any atom is -0.508 e. The van der Waals surface area contributed by atoms with E-state index in [1.165, 1.54) is 0 Å². The number of carbonyl (C=O) groups is 1. The minimum atomic E-state index is -0.0478. The molecule has 0 unspecified atom stereocenters. The summed E-state index contributed by atoms with van der Waals surface area (Å²) in [5.74, 6) is 0.151. The highest BCUT2D eigenvalue weighted by Crippen LogP contribution is 2.22. The van der Waals surface area contributed by atoms with Gasteiger partial charge in [0.15, 0.2) is 0 Å². The summed E-state index contributed by atoms with van der Waals surface area (Å²) in [6.07, 6.45) is 0. The molecule has 0 fully saturated rings. The second-order valence-corrected chi connectivity index (χ2v) is 4.19. The lowest BCUT2D eigenvalue weighted by atomic mass is 10.2. The molecule has 5 heteroatoms. The summed E-state index contributed by atoms with van der Waals surface area (Å²) >= 11 is 5.87. The molecule has 0 aliphatic rings. The number of amides is 1. The van der Waals surface area contributed by atoms with Gasteiger partial charge in [-0.15, -0.1) is 0 Å². The molecule has 17 heavy (non-hydrogen) atoms. The molecule has 0 aliphatic heterocycles. The number of nitrogens with one attached hydrogen (secondary N) is 1. The second-order valence-electron chi connectivity index (χ2n) is 3.75. The number of carbonyl (C=O) groups excluding carboxylic acids is 1. The van der Waals surface area contributed by atoms with Gasteiger partial charge in [-0.1, -0.05) is 18.5 Å². The number of halogens is 1. The Kier molecular flexibility index (Phi) is 5.25. The number of nitrogens with zero attached hydrogens (tertiary/aromatic N) is 1. The predicted molar refractivity (Wildman–Crippen MR) is 68.1 cm³/mol. The van der Waals surface area contributed by atoms with Crippen LogP contribution in [0.3, 0.4) is 0 Å². The number of benzene rings is 1. The first kappa shape index (κ1) is 13.8. The predicted octanol–water partition coefficient (Wildman–Crippen LogP) is 1.61. The first-order valence-corrected chi connectivity index (χ1v) is 5.85. The van der Waals surface area contributed by atoms with Gasteiger partial charge in [-0.3, -0.25) is 9.69 Å². The maximum absolute atomic E-state index is 11.3. The molecule has 0 aromatic heterocycles. The highest BCUT2D eigenvalue weighted by atomic mass is 35.5. The van der Waals surface area contributed by atoms with Gasteiger partial charge in [-0.05, 0) is 24.7 Å². The first-order valence-electron chi connectivity index (χ1n) is 5.47. The van der Waals surface area contributed by atoms with Crippen LogP contribution in [-0.2, 0) is 11.3 Å². The lowest BCUT2D eigenvalue weighted by Crippen LogP contribution is -2.35. The van der Waals surface area contributed by atoms with Gasteiger partial charge >= 0.3 is 0 Å². The molecule has 0 saturated heterocycles. The molecule has 0 atom stereocenters. The molecule has 1 aromatic carbocycles. The fourth-order valence-corrected chi connectivity index (χ4v) is 1.68. The summed E-state index contributed by atoms with van der Waals surface area (Å²) in [6, 6.07) is 4.91. The van der Waals surface area contributed by atoms with E-state index in [2.05, 4.69) is 5.32 Å². The van der Waals surface area contributed by atoms with Crippen LogP contribution in [0.25, 0.3) is 0 Å². The normalized spacial score (nSPS) is 10.6. The molecule has 0 bridgehead atoms. The summed E-state index contributed by atoms with van der Waals surface area (Å²) in [7, 11) is 1.60. The monoisotopic (exact) mass is 256 g/mol.